The number of amides is 1. The molecule has 88 valence electrons. The molecule has 0 aromatic carbocycles. The number of nitrogens with one attached hydrogen (secondary N) is 1. The lowest BCUT2D eigenvalue weighted by Gasteiger charge is -2.06. The SMILES string of the molecule is CC(O)CNC(=O)CSCc1cccnc1. The Morgan fingerprint density at radius 1 is 1.69 bits per heavy atom. The molecule has 0 radical (unpaired) electrons. The Hall–Kier alpha value is -1.07. The third kappa shape index (κ3) is 5.72. The molecule has 1 unspecified atom stereocenters. The van der Waals surface area contributed by atoms with Gasteiger partial charge in [0.1, 0.15) is 0 Å². The lowest BCUT2D eigenvalue weighted by molar-refractivity contribution is -0.118. The van der Waals surface area contributed by atoms with E-state index in [-0.39, 0.29) is 5.91 Å². The van der Waals surface area contributed by atoms with Crippen molar-refractivity contribution in [2.45, 2.75) is 18.8 Å². The Labute approximate surface area is 99.5 Å². The average Bonchev–Trinajstić information content (AvgIpc) is 2.28. The summed E-state index contributed by atoms with van der Waals surface area (Å²) in [5.74, 6) is 1.13. The highest BCUT2D eigenvalue weighted by atomic mass is 32.2. The van der Waals surface area contributed by atoms with Gasteiger partial charge in [-0.15, -0.1) is 11.8 Å². The minimum atomic E-state index is -0.493. The van der Waals surface area contributed by atoms with E-state index in [9.17, 15) is 4.79 Å². The van der Waals surface area contributed by atoms with Crippen LogP contribution >= 0.6 is 11.8 Å². The molecule has 4 nitrogen and oxygen atoms in total. The molecule has 0 spiro atoms. The largest absolute Gasteiger partial charge is 0.392 e. The molecule has 0 aliphatic carbocycles. The number of aliphatic hydroxyl groups excluding tert-OH is 1. The molecule has 0 aliphatic heterocycles. The van der Waals surface area contributed by atoms with Crippen molar-refractivity contribution in [2.24, 2.45) is 0 Å². The van der Waals surface area contributed by atoms with Crippen LogP contribution in [0.2, 0.25) is 0 Å². The standard InChI is InChI=1S/C11H16N2O2S/c1-9(14)5-13-11(15)8-16-7-10-3-2-4-12-6-10/h2-4,6,9,14H,5,7-8H2,1H3,(H,13,15). The predicted octanol–water partition coefficient (Wildman–Crippen LogP) is 0.812. The van der Waals surface area contributed by atoms with E-state index in [0.29, 0.717) is 12.3 Å². The van der Waals surface area contributed by atoms with Gasteiger partial charge in [-0.3, -0.25) is 9.78 Å². The van der Waals surface area contributed by atoms with Crippen LogP contribution in [-0.4, -0.2) is 34.4 Å². The maximum atomic E-state index is 11.3. The summed E-state index contributed by atoms with van der Waals surface area (Å²) in [6.07, 6.45) is 3.02. The first-order valence-electron chi connectivity index (χ1n) is 5.10. The molecule has 16 heavy (non-hydrogen) atoms. The van der Waals surface area contributed by atoms with Crippen molar-refractivity contribution >= 4 is 17.7 Å². The molecule has 2 N–H and O–H groups in total. The van der Waals surface area contributed by atoms with E-state index in [2.05, 4.69) is 10.3 Å². The minimum Gasteiger partial charge on any atom is -0.392 e. The number of hydrogen-bond acceptors (Lipinski definition) is 4. The molecule has 1 aromatic rings. The molecule has 0 saturated carbocycles. The number of rotatable bonds is 6. The maximum Gasteiger partial charge on any atom is 0.230 e. The number of aromatic nitrogens is 1. The summed E-state index contributed by atoms with van der Waals surface area (Å²) < 4.78 is 0. The predicted molar refractivity (Wildman–Crippen MR) is 65.1 cm³/mol. The highest BCUT2D eigenvalue weighted by molar-refractivity contribution is 7.99. The van der Waals surface area contributed by atoms with E-state index in [0.717, 1.165) is 11.3 Å². The molecule has 1 rings (SSSR count). The van der Waals surface area contributed by atoms with Crippen LogP contribution in [-0.2, 0) is 10.5 Å². The first-order chi connectivity index (χ1) is 7.68. The number of pyridine rings is 1. The zero-order valence-corrected chi connectivity index (χ0v) is 10.0. The molecular formula is C11H16N2O2S. The van der Waals surface area contributed by atoms with Gasteiger partial charge in [0.25, 0.3) is 0 Å². The van der Waals surface area contributed by atoms with Gasteiger partial charge < -0.3 is 10.4 Å². The lowest BCUT2D eigenvalue weighted by atomic mass is 10.3. The van der Waals surface area contributed by atoms with Crippen LogP contribution in [0.25, 0.3) is 0 Å². The van der Waals surface area contributed by atoms with Crippen molar-refractivity contribution < 1.29 is 9.90 Å². The minimum absolute atomic E-state index is 0.0465. The second-order valence-corrected chi connectivity index (χ2v) is 4.49. The van der Waals surface area contributed by atoms with E-state index < -0.39 is 6.10 Å². The zero-order valence-electron chi connectivity index (χ0n) is 9.22. The Balaban J connectivity index is 2.13. The molecular weight excluding hydrogens is 224 g/mol. The van der Waals surface area contributed by atoms with Gasteiger partial charge >= 0.3 is 0 Å². The van der Waals surface area contributed by atoms with Crippen LogP contribution in [0.4, 0.5) is 0 Å². The van der Waals surface area contributed by atoms with E-state index >= 15 is 0 Å². The van der Waals surface area contributed by atoms with Gasteiger partial charge in [0, 0.05) is 24.7 Å². The number of aliphatic hydroxyl groups is 1. The summed E-state index contributed by atoms with van der Waals surface area (Å²) in [6, 6.07) is 3.86. The molecule has 0 bridgehead atoms. The zero-order chi connectivity index (χ0) is 11.8. The molecule has 0 fully saturated rings. The van der Waals surface area contributed by atoms with Crippen molar-refractivity contribution in [1.29, 1.82) is 0 Å². The molecule has 1 amide bonds. The van der Waals surface area contributed by atoms with Crippen molar-refractivity contribution in [3.63, 3.8) is 0 Å². The van der Waals surface area contributed by atoms with Crippen LogP contribution in [0, 0.1) is 0 Å². The van der Waals surface area contributed by atoms with Crippen LogP contribution in [0.1, 0.15) is 12.5 Å². The van der Waals surface area contributed by atoms with Crippen LogP contribution in [0.5, 0.6) is 0 Å². The number of carbonyl (C=O) groups is 1. The van der Waals surface area contributed by atoms with Gasteiger partial charge in [-0.25, -0.2) is 0 Å². The van der Waals surface area contributed by atoms with Crippen molar-refractivity contribution in [3.8, 4) is 0 Å². The van der Waals surface area contributed by atoms with Gasteiger partial charge in [-0.2, -0.15) is 0 Å². The number of carbonyl (C=O) groups excluding carboxylic acids is 1. The van der Waals surface area contributed by atoms with Gasteiger partial charge in [-0.05, 0) is 18.6 Å². The molecule has 1 atom stereocenters. The second-order valence-electron chi connectivity index (χ2n) is 3.51. The third-order valence-electron chi connectivity index (χ3n) is 1.82. The van der Waals surface area contributed by atoms with Crippen molar-refractivity contribution in [3.05, 3.63) is 30.1 Å². The smallest absolute Gasteiger partial charge is 0.230 e. The van der Waals surface area contributed by atoms with Crippen LogP contribution in [0.3, 0.4) is 0 Å². The molecule has 1 heterocycles. The monoisotopic (exact) mass is 240 g/mol. The summed E-state index contributed by atoms with van der Waals surface area (Å²) in [4.78, 5) is 15.3. The highest BCUT2D eigenvalue weighted by Gasteiger charge is 2.03. The third-order valence-corrected chi connectivity index (χ3v) is 2.82. The Morgan fingerprint density at radius 3 is 3.12 bits per heavy atom. The van der Waals surface area contributed by atoms with Crippen molar-refractivity contribution in [2.75, 3.05) is 12.3 Å². The van der Waals surface area contributed by atoms with Gasteiger partial charge in [0.15, 0.2) is 0 Å². The van der Waals surface area contributed by atoms with Crippen molar-refractivity contribution in [1.82, 2.24) is 10.3 Å². The maximum absolute atomic E-state index is 11.3. The number of hydrogen-bond donors (Lipinski definition) is 2. The Bertz CT molecular complexity index is 317. The molecule has 5 heteroatoms. The lowest BCUT2D eigenvalue weighted by Crippen LogP contribution is -2.31. The summed E-state index contributed by atoms with van der Waals surface area (Å²) in [5, 5.41) is 11.6. The summed E-state index contributed by atoms with van der Waals surface area (Å²) in [5.41, 5.74) is 1.11. The van der Waals surface area contributed by atoms with Crippen LogP contribution in [0.15, 0.2) is 24.5 Å². The van der Waals surface area contributed by atoms with Gasteiger partial charge in [0.2, 0.25) is 5.91 Å². The number of thioether (sulfide) groups is 1. The van der Waals surface area contributed by atoms with E-state index in [1.54, 1.807) is 19.3 Å². The summed E-state index contributed by atoms with van der Waals surface area (Å²) in [7, 11) is 0. The van der Waals surface area contributed by atoms with Gasteiger partial charge in [-0.1, -0.05) is 6.07 Å². The first kappa shape index (κ1) is 13.0. The number of nitrogens with zero attached hydrogens (tertiary/aromatic N) is 1. The fourth-order valence-corrected chi connectivity index (χ4v) is 1.85. The first-order valence-corrected chi connectivity index (χ1v) is 6.25. The van der Waals surface area contributed by atoms with E-state index in [4.69, 9.17) is 5.11 Å². The summed E-state index contributed by atoms with van der Waals surface area (Å²) >= 11 is 1.53. The average molecular weight is 240 g/mol. The molecule has 0 aliphatic rings. The Kier molecular flexibility index (Phi) is 5.88. The topological polar surface area (TPSA) is 62.2 Å². The molecule has 1 aromatic heterocycles. The van der Waals surface area contributed by atoms with Crippen LogP contribution < -0.4 is 5.32 Å². The quantitative estimate of drug-likeness (QED) is 0.772. The fourth-order valence-electron chi connectivity index (χ4n) is 1.06. The van der Waals surface area contributed by atoms with E-state index in [1.165, 1.54) is 11.8 Å². The van der Waals surface area contributed by atoms with E-state index in [1.807, 2.05) is 12.1 Å². The second kappa shape index (κ2) is 7.24. The molecule has 0 saturated heterocycles. The normalized spacial score (nSPS) is 12.1. The Morgan fingerprint density at radius 2 is 2.50 bits per heavy atom. The fraction of sp³-hybridized carbons (Fsp3) is 0.455. The summed E-state index contributed by atoms with van der Waals surface area (Å²) in [6.45, 7) is 1.95. The highest BCUT2D eigenvalue weighted by Crippen LogP contribution is 2.09. The van der Waals surface area contributed by atoms with Gasteiger partial charge in [0.05, 0.1) is 11.9 Å².